The normalized spacial score (nSPS) is 12.0. The molecule has 5 nitrogen and oxygen atoms in total. The van der Waals surface area contributed by atoms with Crippen LogP contribution >= 0.6 is 23.4 Å². The average molecular weight is 379 g/mol. The van der Waals surface area contributed by atoms with Gasteiger partial charge in [0.05, 0.1) is 5.75 Å². The van der Waals surface area contributed by atoms with Gasteiger partial charge >= 0.3 is 0 Å². The first-order valence-electron chi connectivity index (χ1n) is 8.27. The Labute approximate surface area is 157 Å². The highest BCUT2D eigenvalue weighted by atomic mass is 35.5. The van der Waals surface area contributed by atoms with Crippen LogP contribution in [0, 0.1) is 0 Å². The van der Waals surface area contributed by atoms with Crippen molar-refractivity contribution < 1.29 is 4.79 Å². The summed E-state index contributed by atoms with van der Waals surface area (Å²) in [6, 6.07) is 7.63. The Bertz CT molecular complexity index is 714. The maximum absolute atomic E-state index is 12.1. The van der Waals surface area contributed by atoms with Crippen molar-refractivity contribution >= 4 is 29.3 Å². The van der Waals surface area contributed by atoms with Gasteiger partial charge in [0.25, 0.3) is 0 Å². The number of nitrogens with zero attached hydrogens (tertiary/aromatic N) is 3. The molecule has 0 aliphatic rings. The fourth-order valence-corrected chi connectivity index (χ4v) is 3.34. The zero-order valence-electron chi connectivity index (χ0n) is 14.5. The number of allylic oxidation sites excluding steroid dienone is 1. The second-order valence-electron chi connectivity index (χ2n) is 5.76. The Morgan fingerprint density at radius 2 is 2.12 bits per heavy atom. The van der Waals surface area contributed by atoms with Gasteiger partial charge in [0.1, 0.15) is 0 Å². The summed E-state index contributed by atoms with van der Waals surface area (Å²) in [6.45, 7) is 8.49. The number of hydrogen-bond acceptors (Lipinski definition) is 4. The van der Waals surface area contributed by atoms with Crippen molar-refractivity contribution in [3.63, 3.8) is 0 Å². The molecule has 0 aliphatic heterocycles. The minimum absolute atomic E-state index is 0.00662. The molecule has 1 amide bonds. The lowest BCUT2D eigenvalue weighted by atomic mass is 10.2. The molecule has 0 fully saturated rings. The van der Waals surface area contributed by atoms with E-state index >= 15 is 0 Å². The molecule has 2 aromatic rings. The molecule has 7 heteroatoms. The van der Waals surface area contributed by atoms with Crippen molar-refractivity contribution in [2.75, 3.05) is 5.75 Å². The van der Waals surface area contributed by atoms with Gasteiger partial charge in [-0.1, -0.05) is 42.8 Å². The Morgan fingerprint density at radius 1 is 1.40 bits per heavy atom. The zero-order chi connectivity index (χ0) is 18.2. The highest BCUT2D eigenvalue weighted by Gasteiger charge is 2.15. The van der Waals surface area contributed by atoms with Gasteiger partial charge in [-0.3, -0.25) is 9.36 Å². The molecule has 1 atom stereocenters. The fourth-order valence-electron chi connectivity index (χ4n) is 2.45. The van der Waals surface area contributed by atoms with Crippen LogP contribution in [0.5, 0.6) is 0 Å². The molecule has 1 aromatic carbocycles. The van der Waals surface area contributed by atoms with Gasteiger partial charge in [-0.05, 0) is 37.6 Å². The lowest BCUT2D eigenvalue weighted by molar-refractivity contribution is -0.119. The Kier molecular flexibility index (Phi) is 7.52. The van der Waals surface area contributed by atoms with E-state index in [1.165, 1.54) is 11.8 Å². The van der Waals surface area contributed by atoms with E-state index in [1.54, 1.807) is 6.08 Å². The maximum atomic E-state index is 12.1. The second kappa shape index (κ2) is 9.63. The van der Waals surface area contributed by atoms with Crippen molar-refractivity contribution in [3.05, 3.63) is 41.9 Å². The van der Waals surface area contributed by atoms with E-state index in [1.807, 2.05) is 35.8 Å². The lowest BCUT2D eigenvalue weighted by Crippen LogP contribution is -2.33. The van der Waals surface area contributed by atoms with Crippen LogP contribution in [0.4, 0.5) is 0 Å². The second-order valence-corrected chi connectivity index (χ2v) is 7.14. The molecule has 0 bridgehead atoms. The number of nitrogens with one attached hydrogen (secondary N) is 1. The smallest absolute Gasteiger partial charge is 0.230 e. The third-order valence-corrected chi connectivity index (χ3v) is 4.81. The molecule has 0 spiro atoms. The number of halogens is 1. The monoisotopic (exact) mass is 378 g/mol. The number of carbonyl (C=O) groups excluding carboxylic acids is 1. The third kappa shape index (κ3) is 5.61. The topological polar surface area (TPSA) is 59.8 Å². The van der Waals surface area contributed by atoms with Crippen LogP contribution in [0.1, 0.15) is 26.7 Å². The number of amides is 1. The molecule has 1 heterocycles. The minimum atomic E-state index is 0.00662. The van der Waals surface area contributed by atoms with Crippen molar-refractivity contribution in [2.45, 2.75) is 44.4 Å². The molecular formula is C18H23ClN4OS. The van der Waals surface area contributed by atoms with E-state index in [4.69, 9.17) is 11.6 Å². The largest absolute Gasteiger partial charge is 0.353 e. The molecule has 1 N–H and O–H groups in total. The summed E-state index contributed by atoms with van der Waals surface area (Å²) >= 11 is 7.32. The quantitative estimate of drug-likeness (QED) is 0.525. The van der Waals surface area contributed by atoms with Gasteiger partial charge in [0.2, 0.25) is 5.91 Å². The molecular weight excluding hydrogens is 356 g/mol. The van der Waals surface area contributed by atoms with E-state index < -0.39 is 0 Å². The maximum Gasteiger partial charge on any atom is 0.230 e. The van der Waals surface area contributed by atoms with Gasteiger partial charge in [0.15, 0.2) is 11.0 Å². The lowest BCUT2D eigenvalue weighted by Gasteiger charge is -2.12. The van der Waals surface area contributed by atoms with Crippen LogP contribution in [0.15, 0.2) is 42.1 Å². The van der Waals surface area contributed by atoms with E-state index in [9.17, 15) is 4.79 Å². The standard InChI is InChI=1S/C18H23ClN4OS/c1-4-6-13(3)20-16(24)12-25-18-22-21-17(23(18)11-5-2)14-7-9-15(19)10-8-14/h5,7-10,13H,2,4,6,11-12H2,1,3H3,(H,20,24). The molecule has 134 valence electrons. The fraction of sp³-hybridized carbons (Fsp3) is 0.389. The van der Waals surface area contributed by atoms with Crippen LogP contribution in [0.25, 0.3) is 11.4 Å². The predicted molar refractivity (Wildman–Crippen MR) is 104 cm³/mol. The number of thioether (sulfide) groups is 1. The van der Waals surface area contributed by atoms with Crippen molar-refractivity contribution in [1.29, 1.82) is 0 Å². The Morgan fingerprint density at radius 3 is 2.76 bits per heavy atom. The van der Waals surface area contributed by atoms with Crippen molar-refractivity contribution in [3.8, 4) is 11.4 Å². The summed E-state index contributed by atoms with van der Waals surface area (Å²) in [5.41, 5.74) is 0.923. The Balaban J connectivity index is 2.09. The number of benzene rings is 1. The molecule has 2 rings (SSSR count). The van der Waals surface area contributed by atoms with Crippen LogP contribution in [-0.2, 0) is 11.3 Å². The summed E-state index contributed by atoms with van der Waals surface area (Å²) in [7, 11) is 0. The first-order valence-corrected chi connectivity index (χ1v) is 9.63. The molecule has 25 heavy (non-hydrogen) atoms. The van der Waals surface area contributed by atoms with Gasteiger partial charge in [-0.25, -0.2) is 0 Å². The summed E-state index contributed by atoms with van der Waals surface area (Å²) < 4.78 is 1.95. The predicted octanol–water partition coefficient (Wildman–Crippen LogP) is 4.18. The van der Waals surface area contributed by atoms with E-state index in [0.29, 0.717) is 22.5 Å². The summed E-state index contributed by atoms with van der Waals surface area (Å²) in [4.78, 5) is 12.1. The van der Waals surface area contributed by atoms with Crippen LogP contribution in [0.3, 0.4) is 0 Å². The van der Waals surface area contributed by atoms with E-state index in [-0.39, 0.29) is 11.9 Å². The zero-order valence-corrected chi connectivity index (χ0v) is 16.1. The SMILES string of the molecule is C=CCn1c(SCC(=O)NC(C)CCC)nnc1-c1ccc(Cl)cc1. The first kappa shape index (κ1) is 19.5. The van der Waals surface area contributed by atoms with Gasteiger partial charge in [0, 0.05) is 23.2 Å². The highest BCUT2D eigenvalue weighted by molar-refractivity contribution is 7.99. The van der Waals surface area contributed by atoms with Crippen LogP contribution < -0.4 is 5.32 Å². The molecule has 1 unspecified atom stereocenters. The van der Waals surface area contributed by atoms with Gasteiger partial charge in [-0.15, -0.1) is 16.8 Å². The van der Waals surface area contributed by atoms with Crippen molar-refractivity contribution in [2.24, 2.45) is 0 Å². The minimum Gasteiger partial charge on any atom is -0.353 e. The highest BCUT2D eigenvalue weighted by Crippen LogP contribution is 2.25. The van der Waals surface area contributed by atoms with E-state index in [0.717, 1.165) is 24.2 Å². The number of carbonyl (C=O) groups is 1. The third-order valence-electron chi connectivity index (χ3n) is 3.59. The molecule has 0 saturated carbocycles. The number of rotatable bonds is 9. The van der Waals surface area contributed by atoms with Gasteiger partial charge < -0.3 is 5.32 Å². The first-order chi connectivity index (χ1) is 12.0. The van der Waals surface area contributed by atoms with Crippen molar-refractivity contribution in [1.82, 2.24) is 20.1 Å². The summed E-state index contributed by atoms with van der Waals surface area (Å²) in [6.07, 6.45) is 3.81. The van der Waals surface area contributed by atoms with E-state index in [2.05, 4.69) is 29.0 Å². The number of aromatic nitrogens is 3. The van der Waals surface area contributed by atoms with Crippen LogP contribution in [0.2, 0.25) is 5.02 Å². The average Bonchev–Trinajstić information content (AvgIpc) is 2.97. The van der Waals surface area contributed by atoms with Gasteiger partial charge in [-0.2, -0.15) is 0 Å². The summed E-state index contributed by atoms with van der Waals surface area (Å²) in [5, 5.41) is 12.9. The molecule has 0 saturated heterocycles. The Hall–Kier alpha value is -1.79. The molecule has 0 radical (unpaired) electrons. The molecule has 0 aliphatic carbocycles. The molecule has 1 aromatic heterocycles. The van der Waals surface area contributed by atoms with Crippen LogP contribution in [-0.4, -0.2) is 32.5 Å². The number of hydrogen-bond donors (Lipinski definition) is 1. The summed E-state index contributed by atoms with van der Waals surface area (Å²) in [5.74, 6) is 1.05.